The highest BCUT2D eigenvalue weighted by atomic mass is 32.1. The van der Waals surface area contributed by atoms with Crippen LogP contribution in [-0.2, 0) is 9.53 Å². The SMILES string of the molecule is O=C(Nc1ccc(F)cc1)C(NCC(c1cccs1)N1CCOCC1)c1ccccc1. The van der Waals surface area contributed by atoms with Gasteiger partial charge in [0.1, 0.15) is 11.9 Å². The van der Waals surface area contributed by atoms with E-state index < -0.39 is 6.04 Å². The van der Waals surface area contributed by atoms with Crippen molar-refractivity contribution in [3.05, 3.63) is 88.4 Å². The molecule has 0 aliphatic carbocycles. The molecule has 7 heteroatoms. The molecule has 1 aromatic heterocycles. The van der Waals surface area contributed by atoms with E-state index in [-0.39, 0.29) is 17.8 Å². The van der Waals surface area contributed by atoms with E-state index in [0.29, 0.717) is 12.2 Å². The number of carbonyl (C=O) groups is 1. The van der Waals surface area contributed by atoms with Crippen molar-refractivity contribution in [1.29, 1.82) is 0 Å². The number of rotatable bonds is 8. The summed E-state index contributed by atoms with van der Waals surface area (Å²) >= 11 is 1.73. The topological polar surface area (TPSA) is 53.6 Å². The summed E-state index contributed by atoms with van der Waals surface area (Å²) in [7, 11) is 0. The van der Waals surface area contributed by atoms with Crippen molar-refractivity contribution in [2.24, 2.45) is 0 Å². The van der Waals surface area contributed by atoms with Gasteiger partial charge in [-0.3, -0.25) is 9.69 Å². The minimum absolute atomic E-state index is 0.161. The van der Waals surface area contributed by atoms with Crippen molar-refractivity contribution >= 4 is 22.9 Å². The fraction of sp³-hybridized carbons (Fsp3) is 0.292. The van der Waals surface area contributed by atoms with Crippen molar-refractivity contribution in [2.75, 3.05) is 38.2 Å². The molecule has 1 saturated heterocycles. The number of amides is 1. The molecular formula is C24H26FN3O2S. The summed E-state index contributed by atoms with van der Waals surface area (Å²) in [4.78, 5) is 16.8. The molecule has 1 amide bonds. The second-order valence-electron chi connectivity index (χ2n) is 7.43. The molecule has 0 saturated carbocycles. The number of nitrogens with one attached hydrogen (secondary N) is 2. The molecule has 2 atom stereocenters. The van der Waals surface area contributed by atoms with Crippen LogP contribution in [0.3, 0.4) is 0 Å². The largest absolute Gasteiger partial charge is 0.379 e. The maximum Gasteiger partial charge on any atom is 0.246 e. The Labute approximate surface area is 185 Å². The molecule has 1 fully saturated rings. The van der Waals surface area contributed by atoms with Crippen LogP contribution in [0.1, 0.15) is 22.5 Å². The van der Waals surface area contributed by atoms with Crippen molar-refractivity contribution < 1.29 is 13.9 Å². The third-order valence-corrected chi connectivity index (χ3v) is 6.35. The third-order valence-electron chi connectivity index (χ3n) is 5.38. The van der Waals surface area contributed by atoms with Crippen LogP contribution in [0.15, 0.2) is 72.1 Å². The van der Waals surface area contributed by atoms with Crippen molar-refractivity contribution in [3.63, 3.8) is 0 Å². The van der Waals surface area contributed by atoms with Crippen LogP contribution in [0, 0.1) is 5.82 Å². The number of halogens is 1. The average Bonchev–Trinajstić information content (AvgIpc) is 3.34. The standard InChI is InChI=1S/C24H26FN3O2S/c25-19-8-10-20(11-9-19)27-24(29)23(18-5-2-1-3-6-18)26-17-21(22-7-4-16-31-22)28-12-14-30-15-13-28/h1-11,16,21,23,26H,12-15,17H2,(H,27,29). The van der Waals surface area contributed by atoms with E-state index in [1.165, 1.54) is 17.0 Å². The molecule has 2 N–H and O–H groups in total. The summed E-state index contributed by atoms with van der Waals surface area (Å²) in [6.07, 6.45) is 0. The Kier molecular flexibility index (Phi) is 7.43. The van der Waals surface area contributed by atoms with Crippen LogP contribution in [-0.4, -0.2) is 43.7 Å². The molecule has 2 unspecified atom stereocenters. The Bertz CT molecular complexity index is 945. The molecule has 0 bridgehead atoms. The summed E-state index contributed by atoms with van der Waals surface area (Å²) in [6.45, 7) is 3.78. The van der Waals surface area contributed by atoms with Crippen molar-refractivity contribution in [3.8, 4) is 0 Å². The highest BCUT2D eigenvalue weighted by Crippen LogP contribution is 2.27. The van der Waals surface area contributed by atoms with Crippen LogP contribution < -0.4 is 10.6 Å². The van der Waals surface area contributed by atoms with Crippen LogP contribution in [0.5, 0.6) is 0 Å². The normalized spacial score (nSPS) is 16.5. The minimum atomic E-state index is -0.533. The molecule has 1 aliphatic heterocycles. The summed E-state index contributed by atoms with van der Waals surface area (Å²) in [5, 5.41) is 8.48. The van der Waals surface area contributed by atoms with Gasteiger partial charge < -0.3 is 15.4 Å². The number of hydrogen-bond donors (Lipinski definition) is 2. The Morgan fingerprint density at radius 1 is 1.03 bits per heavy atom. The Balaban J connectivity index is 1.52. The number of benzene rings is 2. The zero-order valence-corrected chi connectivity index (χ0v) is 18.0. The van der Waals surface area contributed by atoms with Gasteiger partial charge >= 0.3 is 0 Å². The highest BCUT2D eigenvalue weighted by Gasteiger charge is 2.27. The predicted octanol–water partition coefficient (Wildman–Crippen LogP) is 4.23. The lowest BCUT2D eigenvalue weighted by molar-refractivity contribution is -0.118. The van der Waals surface area contributed by atoms with Gasteiger partial charge in [-0.05, 0) is 41.3 Å². The monoisotopic (exact) mass is 439 g/mol. The van der Waals surface area contributed by atoms with Gasteiger partial charge in [0, 0.05) is 30.2 Å². The lowest BCUT2D eigenvalue weighted by atomic mass is 10.0. The van der Waals surface area contributed by atoms with E-state index in [2.05, 4.69) is 33.0 Å². The van der Waals surface area contributed by atoms with Gasteiger partial charge in [0.15, 0.2) is 0 Å². The Morgan fingerprint density at radius 2 is 1.77 bits per heavy atom. The second-order valence-corrected chi connectivity index (χ2v) is 8.41. The highest BCUT2D eigenvalue weighted by molar-refractivity contribution is 7.10. The Morgan fingerprint density at radius 3 is 2.45 bits per heavy atom. The van der Waals surface area contributed by atoms with E-state index in [4.69, 9.17) is 4.74 Å². The van der Waals surface area contributed by atoms with Crippen LogP contribution in [0.25, 0.3) is 0 Å². The lowest BCUT2D eigenvalue weighted by Gasteiger charge is -2.35. The zero-order chi connectivity index (χ0) is 21.5. The molecule has 5 nitrogen and oxygen atoms in total. The molecule has 2 heterocycles. The van der Waals surface area contributed by atoms with E-state index in [0.717, 1.165) is 31.9 Å². The zero-order valence-electron chi connectivity index (χ0n) is 17.2. The molecule has 0 spiro atoms. The first-order valence-electron chi connectivity index (χ1n) is 10.4. The molecular weight excluding hydrogens is 413 g/mol. The molecule has 1 aliphatic rings. The average molecular weight is 440 g/mol. The van der Waals surface area contributed by atoms with Gasteiger partial charge in [0.2, 0.25) is 5.91 Å². The molecule has 162 valence electrons. The number of anilines is 1. The molecule has 2 aromatic carbocycles. The number of carbonyl (C=O) groups excluding carboxylic acids is 1. The van der Waals surface area contributed by atoms with Gasteiger partial charge in [-0.25, -0.2) is 4.39 Å². The first-order chi connectivity index (χ1) is 15.2. The van der Waals surface area contributed by atoms with E-state index in [1.54, 1.807) is 23.5 Å². The van der Waals surface area contributed by atoms with Gasteiger partial charge in [0.05, 0.1) is 19.3 Å². The third kappa shape index (κ3) is 5.77. The maximum atomic E-state index is 13.2. The maximum absolute atomic E-state index is 13.2. The summed E-state index contributed by atoms with van der Waals surface area (Å²) in [5.74, 6) is -0.509. The fourth-order valence-electron chi connectivity index (χ4n) is 3.76. The van der Waals surface area contributed by atoms with Crippen LogP contribution in [0.2, 0.25) is 0 Å². The molecule has 31 heavy (non-hydrogen) atoms. The Hall–Kier alpha value is -2.58. The fourth-order valence-corrected chi connectivity index (χ4v) is 4.63. The first-order valence-corrected chi connectivity index (χ1v) is 11.3. The summed E-state index contributed by atoms with van der Waals surface area (Å²) in [5.41, 5.74) is 1.45. The quantitative estimate of drug-likeness (QED) is 0.552. The molecule has 3 aromatic rings. The summed E-state index contributed by atoms with van der Waals surface area (Å²) in [6, 6.07) is 19.3. The number of morpholine rings is 1. The van der Waals surface area contributed by atoms with E-state index in [1.807, 2.05) is 30.3 Å². The minimum Gasteiger partial charge on any atom is -0.379 e. The van der Waals surface area contributed by atoms with Gasteiger partial charge in [-0.1, -0.05) is 36.4 Å². The van der Waals surface area contributed by atoms with E-state index in [9.17, 15) is 9.18 Å². The van der Waals surface area contributed by atoms with Gasteiger partial charge in [-0.15, -0.1) is 11.3 Å². The van der Waals surface area contributed by atoms with Crippen LogP contribution in [0.4, 0.5) is 10.1 Å². The van der Waals surface area contributed by atoms with Gasteiger partial charge in [0.25, 0.3) is 0 Å². The molecule has 4 rings (SSSR count). The number of hydrogen-bond acceptors (Lipinski definition) is 5. The number of nitrogens with zero attached hydrogens (tertiary/aromatic N) is 1. The lowest BCUT2D eigenvalue weighted by Crippen LogP contribution is -2.44. The first kappa shape index (κ1) is 21.6. The number of thiophene rings is 1. The molecule has 0 radical (unpaired) electrons. The van der Waals surface area contributed by atoms with E-state index >= 15 is 0 Å². The second kappa shape index (κ2) is 10.6. The van der Waals surface area contributed by atoms with Gasteiger partial charge in [-0.2, -0.15) is 0 Å². The van der Waals surface area contributed by atoms with Crippen molar-refractivity contribution in [2.45, 2.75) is 12.1 Å². The number of ether oxygens (including phenoxy) is 1. The summed E-state index contributed by atoms with van der Waals surface area (Å²) < 4.78 is 18.8. The predicted molar refractivity (Wildman–Crippen MR) is 122 cm³/mol. The smallest absolute Gasteiger partial charge is 0.246 e. The van der Waals surface area contributed by atoms with Crippen LogP contribution >= 0.6 is 11.3 Å². The van der Waals surface area contributed by atoms with Crippen molar-refractivity contribution in [1.82, 2.24) is 10.2 Å².